The number of hydrogen-bond acceptors (Lipinski definition) is 1. The molecule has 1 aliphatic carbocycles. The summed E-state index contributed by atoms with van der Waals surface area (Å²) < 4.78 is 0. The van der Waals surface area contributed by atoms with Crippen molar-refractivity contribution >= 4 is 11.4 Å². The van der Waals surface area contributed by atoms with Crippen molar-refractivity contribution in [2.75, 3.05) is 0 Å². The van der Waals surface area contributed by atoms with E-state index in [2.05, 4.69) is 6.58 Å². The van der Waals surface area contributed by atoms with Gasteiger partial charge in [0.2, 0.25) is 0 Å². The molecule has 0 heterocycles. The van der Waals surface area contributed by atoms with Gasteiger partial charge in [-0.05, 0) is 35.6 Å². The Bertz CT molecular complexity index is 412. The molecule has 0 saturated carbocycles. The molecule has 0 bridgehead atoms. The quantitative estimate of drug-likeness (QED) is 0.676. The molecule has 0 unspecified atom stereocenters. The van der Waals surface area contributed by atoms with Crippen LogP contribution in [0.25, 0.3) is 5.57 Å². The average Bonchev–Trinajstić information content (AvgIpc) is 2.42. The van der Waals surface area contributed by atoms with E-state index in [4.69, 9.17) is 0 Å². The molecular formula is C14H14O. The van der Waals surface area contributed by atoms with E-state index in [-0.39, 0.29) is 5.78 Å². The second-order valence-electron chi connectivity index (χ2n) is 3.85. The summed E-state index contributed by atoms with van der Waals surface area (Å²) in [4.78, 5) is 11.5. The molecule has 0 aromatic heterocycles. The van der Waals surface area contributed by atoms with Gasteiger partial charge in [-0.25, -0.2) is 0 Å². The first-order valence-corrected chi connectivity index (χ1v) is 5.25. The highest BCUT2D eigenvalue weighted by molar-refractivity contribution is 6.00. The monoisotopic (exact) mass is 198 g/mol. The molecule has 0 spiro atoms. The van der Waals surface area contributed by atoms with E-state index in [0.717, 1.165) is 29.6 Å². The third-order valence-electron chi connectivity index (χ3n) is 2.67. The Morgan fingerprint density at radius 3 is 2.53 bits per heavy atom. The molecule has 0 aliphatic heterocycles. The maximum atomic E-state index is 11.5. The first-order valence-electron chi connectivity index (χ1n) is 5.25. The lowest BCUT2D eigenvalue weighted by Crippen LogP contribution is -1.91. The molecule has 76 valence electrons. The summed E-state index contributed by atoms with van der Waals surface area (Å²) in [5.74, 6) is 0.215. The zero-order chi connectivity index (χ0) is 10.7. The molecule has 0 N–H and O–H groups in total. The van der Waals surface area contributed by atoms with E-state index in [9.17, 15) is 4.79 Å². The minimum atomic E-state index is 0.215. The molecule has 1 heteroatoms. The topological polar surface area (TPSA) is 17.1 Å². The van der Waals surface area contributed by atoms with Crippen molar-refractivity contribution in [2.24, 2.45) is 0 Å². The molecule has 0 amide bonds. The van der Waals surface area contributed by atoms with Gasteiger partial charge in [0.05, 0.1) is 0 Å². The van der Waals surface area contributed by atoms with Gasteiger partial charge in [-0.15, -0.1) is 0 Å². The summed E-state index contributed by atoms with van der Waals surface area (Å²) in [6.45, 7) is 4.05. The molecule has 1 nitrogen and oxygen atoms in total. The van der Waals surface area contributed by atoms with Crippen LogP contribution in [-0.4, -0.2) is 5.78 Å². The van der Waals surface area contributed by atoms with Gasteiger partial charge < -0.3 is 0 Å². The third kappa shape index (κ3) is 2.24. The molecule has 0 radical (unpaired) electrons. The van der Waals surface area contributed by atoms with Crippen LogP contribution in [0.1, 0.15) is 24.8 Å². The van der Waals surface area contributed by atoms with Crippen LogP contribution in [0.15, 0.2) is 48.6 Å². The second-order valence-corrected chi connectivity index (χ2v) is 3.85. The Morgan fingerprint density at radius 1 is 1.07 bits per heavy atom. The van der Waals surface area contributed by atoms with Crippen LogP contribution in [0.4, 0.5) is 0 Å². The van der Waals surface area contributed by atoms with E-state index in [1.807, 2.05) is 30.3 Å². The number of carbonyl (C=O) groups excluding carboxylic acids is 1. The van der Waals surface area contributed by atoms with Crippen LogP contribution in [0.3, 0.4) is 0 Å². The smallest absolute Gasteiger partial charge is 0.156 e. The molecule has 1 aromatic rings. The van der Waals surface area contributed by atoms with Crippen LogP contribution in [0, 0.1) is 0 Å². The fraction of sp³-hybridized carbons (Fsp3) is 0.214. The van der Waals surface area contributed by atoms with Gasteiger partial charge in [0.25, 0.3) is 0 Å². The van der Waals surface area contributed by atoms with E-state index in [1.165, 1.54) is 0 Å². The number of ketones is 1. The van der Waals surface area contributed by atoms with E-state index in [1.54, 1.807) is 6.08 Å². The highest BCUT2D eigenvalue weighted by Gasteiger charge is 2.12. The molecular weight excluding hydrogens is 184 g/mol. The highest BCUT2D eigenvalue weighted by atomic mass is 16.1. The van der Waals surface area contributed by atoms with Gasteiger partial charge in [-0.2, -0.15) is 0 Å². The van der Waals surface area contributed by atoms with E-state index in [0.29, 0.717) is 6.42 Å². The first-order chi connectivity index (χ1) is 7.27. The standard InChI is InChI=1S/C14H14O/c1-11-6-5-9-13(15)10-14(11)12-7-3-2-4-8-12/h2-4,7-8,10H,1,5-6,9H2. The lowest BCUT2D eigenvalue weighted by molar-refractivity contribution is -0.114. The van der Waals surface area contributed by atoms with Gasteiger partial charge >= 0.3 is 0 Å². The van der Waals surface area contributed by atoms with Crippen molar-refractivity contribution in [3.63, 3.8) is 0 Å². The molecule has 2 rings (SSSR count). The summed E-state index contributed by atoms with van der Waals surface area (Å²) in [7, 11) is 0. The largest absolute Gasteiger partial charge is 0.295 e. The maximum Gasteiger partial charge on any atom is 0.156 e. The first kappa shape index (κ1) is 9.91. The molecule has 1 aromatic carbocycles. The summed E-state index contributed by atoms with van der Waals surface area (Å²) in [5.41, 5.74) is 3.18. The number of hydrogen-bond donors (Lipinski definition) is 0. The lowest BCUT2D eigenvalue weighted by Gasteiger charge is -2.07. The normalized spacial score (nSPS) is 17.2. The Hall–Kier alpha value is -1.63. The molecule has 0 saturated heterocycles. The fourth-order valence-electron chi connectivity index (χ4n) is 1.85. The van der Waals surface area contributed by atoms with Crippen molar-refractivity contribution in [3.05, 3.63) is 54.1 Å². The maximum absolute atomic E-state index is 11.5. The Labute approximate surface area is 90.1 Å². The summed E-state index contributed by atoms with van der Waals surface area (Å²) in [6, 6.07) is 9.99. The average molecular weight is 198 g/mol. The number of benzene rings is 1. The Balaban J connectivity index is 2.41. The predicted octanol–water partition coefficient (Wildman–Crippen LogP) is 3.38. The van der Waals surface area contributed by atoms with Crippen LogP contribution < -0.4 is 0 Å². The van der Waals surface area contributed by atoms with Crippen molar-refractivity contribution < 1.29 is 4.79 Å². The second kappa shape index (κ2) is 4.26. The summed E-state index contributed by atoms with van der Waals surface area (Å²) in [6.07, 6.45) is 4.23. The van der Waals surface area contributed by atoms with Crippen LogP contribution in [-0.2, 0) is 4.79 Å². The van der Waals surface area contributed by atoms with Crippen molar-refractivity contribution in [2.45, 2.75) is 19.3 Å². The van der Waals surface area contributed by atoms with E-state index < -0.39 is 0 Å². The SMILES string of the molecule is C=C1CCCC(=O)C=C1c1ccccc1. The molecule has 0 atom stereocenters. The minimum Gasteiger partial charge on any atom is -0.295 e. The highest BCUT2D eigenvalue weighted by Crippen LogP contribution is 2.28. The van der Waals surface area contributed by atoms with E-state index >= 15 is 0 Å². The third-order valence-corrected chi connectivity index (χ3v) is 2.67. The zero-order valence-electron chi connectivity index (χ0n) is 8.70. The minimum absolute atomic E-state index is 0.215. The van der Waals surface area contributed by atoms with Gasteiger partial charge in [-0.3, -0.25) is 4.79 Å². The number of carbonyl (C=O) groups is 1. The summed E-state index contributed by atoms with van der Waals surface area (Å²) in [5, 5.41) is 0. The molecule has 0 fully saturated rings. The number of rotatable bonds is 1. The Morgan fingerprint density at radius 2 is 1.80 bits per heavy atom. The lowest BCUT2D eigenvalue weighted by atomic mass is 9.97. The van der Waals surface area contributed by atoms with Crippen LogP contribution in [0.2, 0.25) is 0 Å². The van der Waals surface area contributed by atoms with Gasteiger partial charge in [0.15, 0.2) is 5.78 Å². The van der Waals surface area contributed by atoms with Crippen molar-refractivity contribution in [1.82, 2.24) is 0 Å². The van der Waals surface area contributed by atoms with Crippen molar-refractivity contribution in [1.29, 1.82) is 0 Å². The van der Waals surface area contributed by atoms with Crippen molar-refractivity contribution in [3.8, 4) is 0 Å². The molecule has 1 aliphatic rings. The predicted molar refractivity (Wildman–Crippen MR) is 62.4 cm³/mol. The molecule has 15 heavy (non-hydrogen) atoms. The van der Waals surface area contributed by atoms with Gasteiger partial charge in [0, 0.05) is 6.42 Å². The fourth-order valence-corrected chi connectivity index (χ4v) is 1.85. The Kier molecular flexibility index (Phi) is 2.82. The number of allylic oxidation sites excluding steroid dienone is 3. The van der Waals surface area contributed by atoms with Crippen LogP contribution >= 0.6 is 0 Å². The van der Waals surface area contributed by atoms with Crippen LogP contribution in [0.5, 0.6) is 0 Å². The van der Waals surface area contributed by atoms with Gasteiger partial charge in [-0.1, -0.05) is 36.9 Å². The van der Waals surface area contributed by atoms with Gasteiger partial charge in [0.1, 0.15) is 0 Å². The zero-order valence-corrected chi connectivity index (χ0v) is 8.70. The summed E-state index contributed by atoms with van der Waals surface area (Å²) >= 11 is 0.